The largest absolute Gasteiger partial charge is 0.349 e. The number of hydrogen-bond acceptors (Lipinski definition) is 5. The van der Waals surface area contributed by atoms with Crippen molar-refractivity contribution in [2.75, 3.05) is 5.75 Å². The minimum Gasteiger partial charge on any atom is -0.349 e. The molecule has 0 spiro atoms. The third-order valence-corrected chi connectivity index (χ3v) is 5.86. The maximum Gasteiger partial charge on any atom is 0.227 e. The first kappa shape index (κ1) is 19.0. The molecule has 1 atom stereocenters. The lowest BCUT2D eigenvalue weighted by atomic mass is 10.0. The number of nitrogens with one attached hydrogen (secondary N) is 1. The van der Waals surface area contributed by atoms with Gasteiger partial charge >= 0.3 is 0 Å². The van der Waals surface area contributed by atoms with E-state index in [1.54, 1.807) is 42.1 Å². The van der Waals surface area contributed by atoms with Gasteiger partial charge in [0.25, 0.3) is 0 Å². The van der Waals surface area contributed by atoms with Crippen molar-refractivity contribution in [1.82, 2.24) is 15.5 Å². The maximum atomic E-state index is 13.6. The van der Waals surface area contributed by atoms with Gasteiger partial charge in [0.2, 0.25) is 17.6 Å². The van der Waals surface area contributed by atoms with Gasteiger partial charge in [-0.3, -0.25) is 4.79 Å². The van der Waals surface area contributed by atoms with Crippen molar-refractivity contribution in [2.24, 2.45) is 0 Å². The van der Waals surface area contributed by atoms with Gasteiger partial charge in [-0.25, -0.2) is 4.39 Å². The van der Waals surface area contributed by atoms with Crippen LogP contribution in [0.15, 0.2) is 51.9 Å². The van der Waals surface area contributed by atoms with Gasteiger partial charge < -0.3 is 9.84 Å². The van der Waals surface area contributed by atoms with Crippen molar-refractivity contribution in [3.05, 3.63) is 64.8 Å². The van der Waals surface area contributed by atoms with Crippen LogP contribution >= 0.6 is 23.4 Å². The molecule has 4 rings (SSSR count). The van der Waals surface area contributed by atoms with Crippen molar-refractivity contribution in [3.63, 3.8) is 0 Å². The molecule has 1 aliphatic rings. The highest BCUT2D eigenvalue weighted by Gasteiger charge is 2.23. The van der Waals surface area contributed by atoms with E-state index in [1.165, 1.54) is 12.1 Å². The van der Waals surface area contributed by atoms with Crippen LogP contribution in [0, 0.1) is 5.82 Å². The molecule has 1 unspecified atom stereocenters. The number of thioether (sulfide) groups is 1. The van der Waals surface area contributed by atoms with Crippen LogP contribution in [0.4, 0.5) is 4.39 Å². The number of hydrogen-bond donors (Lipinski definition) is 1. The van der Waals surface area contributed by atoms with Crippen LogP contribution in [0.2, 0.25) is 5.02 Å². The Morgan fingerprint density at radius 1 is 1.29 bits per heavy atom. The normalized spacial score (nSPS) is 15.9. The van der Waals surface area contributed by atoms with Crippen molar-refractivity contribution in [3.8, 4) is 11.4 Å². The van der Waals surface area contributed by atoms with Gasteiger partial charge in [-0.2, -0.15) is 4.98 Å². The highest BCUT2D eigenvalue weighted by molar-refractivity contribution is 7.99. The number of amides is 1. The predicted octanol–water partition coefficient (Wildman–Crippen LogP) is 4.82. The van der Waals surface area contributed by atoms with E-state index in [-0.39, 0.29) is 24.2 Å². The number of nitrogens with zero attached hydrogens (tertiary/aromatic N) is 2. The molecule has 144 valence electrons. The quantitative estimate of drug-likeness (QED) is 0.644. The average Bonchev–Trinajstić information content (AvgIpc) is 3.16. The minimum atomic E-state index is -0.291. The second-order valence-electron chi connectivity index (χ2n) is 6.46. The Hall–Kier alpha value is -2.38. The Labute approximate surface area is 170 Å². The van der Waals surface area contributed by atoms with E-state index in [9.17, 15) is 9.18 Å². The summed E-state index contributed by atoms with van der Waals surface area (Å²) in [6.07, 6.45) is 1.33. The SMILES string of the molecule is O=C(CCc1nc(-c2ccc(Cl)cc2)no1)NC1CCSc2ccc(F)cc21. The second-order valence-corrected chi connectivity index (χ2v) is 8.03. The summed E-state index contributed by atoms with van der Waals surface area (Å²) < 4.78 is 18.8. The van der Waals surface area contributed by atoms with Crippen LogP contribution in [-0.2, 0) is 11.2 Å². The molecule has 28 heavy (non-hydrogen) atoms. The number of benzene rings is 2. The number of aromatic nitrogens is 2. The standard InChI is InChI=1S/C20H17ClFN3O2S/c21-13-3-1-12(2-4-13)20-24-19(27-25-20)8-7-18(26)23-16-9-10-28-17-6-5-14(22)11-15(16)17/h1-6,11,16H,7-10H2,(H,23,26). The van der Waals surface area contributed by atoms with Crippen molar-refractivity contribution < 1.29 is 13.7 Å². The van der Waals surface area contributed by atoms with Crippen LogP contribution < -0.4 is 5.32 Å². The predicted molar refractivity (Wildman–Crippen MR) is 106 cm³/mol. The number of halogens is 2. The van der Waals surface area contributed by atoms with Crippen LogP contribution in [0.1, 0.15) is 30.3 Å². The first-order chi connectivity index (χ1) is 13.6. The average molecular weight is 418 g/mol. The molecule has 0 fully saturated rings. The zero-order chi connectivity index (χ0) is 19.5. The molecule has 2 heterocycles. The molecule has 0 bridgehead atoms. The molecule has 1 amide bonds. The molecule has 0 saturated heterocycles. The molecule has 5 nitrogen and oxygen atoms in total. The van der Waals surface area contributed by atoms with Gasteiger partial charge in [0.15, 0.2) is 0 Å². The fourth-order valence-corrected chi connectivity index (χ4v) is 4.31. The number of aryl methyl sites for hydroxylation is 1. The summed E-state index contributed by atoms with van der Waals surface area (Å²) in [5.41, 5.74) is 1.63. The summed E-state index contributed by atoms with van der Waals surface area (Å²) in [6.45, 7) is 0. The van der Waals surface area contributed by atoms with Crippen molar-refractivity contribution >= 4 is 29.3 Å². The van der Waals surface area contributed by atoms with Gasteiger partial charge in [0.05, 0.1) is 6.04 Å². The van der Waals surface area contributed by atoms with E-state index in [2.05, 4.69) is 15.5 Å². The summed E-state index contributed by atoms with van der Waals surface area (Å²) in [5.74, 6) is 1.32. The molecule has 2 aromatic carbocycles. The third kappa shape index (κ3) is 4.36. The lowest BCUT2D eigenvalue weighted by molar-refractivity contribution is -0.121. The van der Waals surface area contributed by atoms with E-state index < -0.39 is 0 Å². The smallest absolute Gasteiger partial charge is 0.227 e. The second kappa shape index (κ2) is 8.32. The van der Waals surface area contributed by atoms with E-state index in [0.717, 1.165) is 28.2 Å². The molecule has 8 heteroatoms. The van der Waals surface area contributed by atoms with E-state index in [0.29, 0.717) is 23.2 Å². The first-order valence-electron chi connectivity index (χ1n) is 8.88. The Kier molecular flexibility index (Phi) is 5.64. The van der Waals surface area contributed by atoms with Gasteiger partial charge in [-0.1, -0.05) is 16.8 Å². The summed E-state index contributed by atoms with van der Waals surface area (Å²) >= 11 is 7.56. The van der Waals surface area contributed by atoms with Gasteiger partial charge in [0.1, 0.15) is 5.82 Å². The zero-order valence-electron chi connectivity index (χ0n) is 14.8. The molecule has 1 N–H and O–H groups in total. The van der Waals surface area contributed by atoms with E-state index in [1.807, 2.05) is 0 Å². The van der Waals surface area contributed by atoms with Gasteiger partial charge in [0, 0.05) is 34.1 Å². The fourth-order valence-electron chi connectivity index (χ4n) is 3.07. The molecular formula is C20H17ClFN3O2S. The minimum absolute atomic E-state index is 0.127. The Balaban J connectivity index is 1.36. The molecule has 1 aliphatic heterocycles. The van der Waals surface area contributed by atoms with Crippen LogP contribution in [-0.4, -0.2) is 21.8 Å². The number of carbonyl (C=O) groups is 1. The highest BCUT2D eigenvalue weighted by Crippen LogP contribution is 2.36. The Bertz CT molecular complexity index is 993. The monoisotopic (exact) mass is 417 g/mol. The lowest BCUT2D eigenvalue weighted by Gasteiger charge is -2.26. The molecule has 3 aromatic rings. The summed E-state index contributed by atoms with van der Waals surface area (Å²) in [7, 11) is 0. The van der Waals surface area contributed by atoms with E-state index in [4.69, 9.17) is 16.1 Å². The first-order valence-corrected chi connectivity index (χ1v) is 10.2. The Morgan fingerprint density at radius 3 is 2.93 bits per heavy atom. The topological polar surface area (TPSA) is 68.0 Å². The Morgan fingerprint density at radius 2 is 2.11 bits per heavy atom. The van der Waals surface area contributed by atoms with Crippen LogP contribution in [0.25, 0.3) is 11.4 Å². The zero-order valence-corrected chi connectivity index (χ0v) is 16.4. The van der Waals surface area contributed by atoms with Crippen LogP contribution in [0.5, 0.6) is 0 Å². The maximum absolute atomic E-state index is 13.6. The fraction of sp³-hybridized carbons (Fsp3) is 0.250. The molecular weight excluding hydrogens is 401 g/mol. The number of carbonyl (C=O) groups excluding carboxylic acids is 1. The van der Waals surface area contributed by atoms with Gasteiger partial charge in [-0.05, 0) is 54.4 Å². The van der Waals surface area contributed by atoms with Crippen LogP contribution in [0.3, 0.4) is 0 Å². The molecule has 0 saturated carbocycles. The summed E-state index contributed by atoms with van der Waals surface area (Å²) in [5, 5.41) is 7.57. The summed E-state index contributed by atoms with van der Waals surface area (Å²) in [4.78, 5) is 17.7. The number of fused-ring (bicyclic) bond motifs is 1. The molecule has 1 aromatic heterocycles. The van der Waals surface area contributed by atoms with Gasteiger partial charge in [-0.15, -0.1) is 11.8 Å². The molecule has 0 radical (unpaired) electrons. The van der Waals surface area contributed by atoms with Crippen molar-refractivity contribution in [1.29, 1.82) is 0 Å². The highest BCUT2D eigenvalue weighted by atomic mass is 35.5. The summed E-state index contributed by atoms with van der Waals surface area (Å²) in [6, 6.07) is 11.7. The van der Waals surface area contributed by atoms with E-state index >= 15 is 0 Å². The van der Waals surface area contributed by atoms with Crippen molar-refractivity contribution in [2.45, 2.75) is 30.2 Å². The third-order valence-electron chi connectivity index (χ3n) is 4.48. The number of rotatable bonds is 5. The molecule has 0 aliphatic carbocycles. The lowest BCUT2D eigenvalue weighted by Crippen LogP contribution is -2.30.